The number of aliphatic hydroxyl groups excluding tert-OH is 1. The summed E-state index contributed by atoms with van der Waals surface area (Å²) in [7, 11) is 0. The zero-order valence-electron chi connectivity index (χ0n) is 23.5. The summed E-state index contributed by atoms with van der Waals surface area (Å²) in [6, 6.07) is 1.62. The summed E-state index contributed by atoms with van der Waals surface area (Å²) in [5.74, 6) is 2.04. The Morgan fingerprint density at radius 3 is 1.54 bits per heavy atom. The van der Waals surface area contributed by atoms with Crippen LogP contribution in [0.25, 0.3) is 0 Å². The van der Waals surface area contributed by atoms with Gasteiger partial charge in [0.15, 0.2) is 0 Å². The molecule has 0 saturated carbocycles. The minimum Gasteiger partial charge on any atom is -0.395 e. The van der Waals surface area contributed by atoms with Gasteiger partial charge in [0.2, 0.25) is 0 Å². The molecule has 0 amide bonds. The number of hydrogen-bond donors (Lipinski definition) is 1. The predicted octanol–water partition coefficient (Wildman–Crippen LogP) is 4.11. The topological polar surface area (TPSA) is 48.4 Å². The Labute approximate surface area is 216 Å². The molecule has 3 aliphatic heterocycles. The Morgan fingerprint density at radius 1 is 0.657 bits per heavy atom. The van der Waals surface area contributed by atoms with E-state index in [0.29, 0.717) is 36.6 Å². The van der Waals surface area contributed by atoms with Gasteiger partial charge in [-0.15, -0.1) is 0 Å². The lowest BCUT2D eigenvalue weighted by molar-refractivity contribution is 0.0500. The van der Waals surface area contributed by atoms with Gasteiger partial charge in [0.1, 0.15) is 0 Å². The molecule has 3 unspecified atom stereocenters. The van der Waals surface area contributed by atoms with Crippen LogP contribution in [-0.4, -0.2) is 110 Å². The fourth-order valence-electron chi connectivity index (χ4n) is 6.45. The lowest BCUT2D eigenvalue weighted by atomic mass is 10.1. The van der Waals surface area contributed by atoms with Gasteiger partial charge in [0, 0.05) is 51.0 Å². The third kappa shape index (κ3) is 10.2. The van der Waals surface area contributed by atoms with Gasteiger partial charge in [-0.3, -0.25) is 14.7 Å². The highest BCUT2D eigenvalue weighted by molar-refractivity contribution is 4.82. The zero-order valence-corrected chi connectivity index (χ0v) is 23.5. The van der Waals surface area contributed by atoms with Crippen molar-refractivity contribution < 1.29 is 14.6 Å². The van der Waals surface area contributed by atoms with Crippen LogP contribution in [0.1, 0.15) is 79.1 Å². The Balaban J connectivity index is 1.24. The van der Waals surface area contributed by atoms with E-state index in [2.05, 4.69) is 42.4 Å². The van der Waals surface area contributed by atoms with Crippen molar-refractivity contribution in [1.82, 2.24) is 14.7 Å². The van der Waals surface area contributed by atoms with Crippen LogP contribution < -0.4 is 0 Å². The number of nitrogens with zero attached hydrogens (tertiary/aromatic N) is 3. The Bertz CT molecular complexity index is 563. The third-order valence-electron chi connectivity index (χ3n) is 8.53. The second kappa shape index (κ2) is 15.9. The Hall–Kier alpha value is -0.240. The molecule has 0 aromatic carbocycles. The number of likely N-dealkylation sites (tertiary alicyclic amines) is 3. The second-order valence-electron chi connectivity index (χ2n) is 12.4. The van der Waals surface area contributed by atoms with E-state index in [-0.39, 0.29) is 0 Å². The van der Waals surface area contributed by atoms with Gasteiger partial charge in [0.25, 0.3) is 0 Å². The van der Waals surface area contributed by atoms with Crippen LogP contribution in [0, 0.1) is 17.8 Å². The maximum Gasteiger partial charge on any atom is 0.0621 e. The number of rotatable bonds is 17. The summed E-state index contributed by atoms with van der Waals surface area (Å²) >= 11 is 0. The molecule has 3 saturated heterocycles. The van der Waals surface area contributed by atoms with Crippen molar-refractivity contribution in [3.05, 3.63) is 0 Å². The fraction of sp³-hybridized carbons (Fsp3) is 1.00. The van der Waals surface area contributed by atoms with Crippen molar-refractivity contribution in [3.8, 4) is 0 Å². The van der Waals surface area contributed by atoms with Crippen molar-refractivity contribution in [2.45, 2.75) is 97.2 Å². The van der Waals surface area contributed by atoms with Gasteiger partial charge in [-0.05, 0) is 88.8 Å². The Kier molecular flexibility index (Phi) is 13.3. The summed E-state index contributed by atoms with van der Waals surface area (Å²) in [4.78, 5) is 7.79. The first-order valence-corrected chi connectivity index (χ1v) is 14.9. The lowest BCUT2D eigenvalue weighted by Crippen LogP contribution is -2.37. The Morgan fingerprint density at radius 2 is 1.09 bits per heavy atom. The quantitative estimate of drug-likeness (QED) is 0.307. The maximum absolute atomic E-state index is 9.53. The van der Waals surface area contributed by atoms with Crippen molar-refractivity contribution in [2.75, 3.05) is 72.3 Å². The first-order chi connectivity index (χ1) is 17.0. The molecule has 6 heteroatoms. The molecular formula is C29H57N3O3. The van der Waals surface area contributed by atoms with Gasteiger partial charge < -0.3 is 14.6 Å². The van der Waals surface area contributed by atoms with Gasteiger partial charge in [0.05, 0.1) is 19.8 Å². The van der Waals surface area contributed by atoms with E-state index in [9.17, 15) is 5.11 Å². The highest BCUT2D eigenvalue weighted by Crippen LogP contribution is 2.22. The van der Waals surface area contributed by atoms with Crippen molar-refractivity contribution in [1.29, 1.82) is 0 Å². The first kappa shape index (κ1) is 29.3. The monoisotopic (exact) mass is 495 g/mol. The average molecular weight is 496 g/mol. The number of ether oxygens (including phenoxy) is 2. The molecular weight excluding hydrogens is 438 g/mol. The predicted molar refractivity (Wildman–Crippen MR) is 145 cm³/mol. The standard InChI is InChI=1S/C29H57N3O3/c1-24(2)18-30-13-6-9-28(30)22-34-17-12-26(4)20-32-15-7-10-29(32)23-35-16-11-25(3)19-31-14-5-8-27(31)21-33/h24-29,33H,5-23H2,1-4H3/t25?,26?,27?,28-,29+/m0/s1. The van der Waals surface area contributed by atoms with Crippen LogP contribution in [-0.2, 0) is 9.47 Å². The molecule has 3 rings (SSSR count). The second-order valence-corrected chi connectivity index (χ2v) is 12.4. The van der Waals surface area contributed by atoms with Crippen LogP contribution in [0.15, 0.2) is 0 Å². The van der Waals surface area contributed by atoms with Crippen LogP contribution in [0.5, 0.6) is 0 Å². The molecule has 6 nitrogen and oxygen atoms in total. The molecule has 0 bridgehead atoms. The van der Waals surface area contributed by atoms with Gasteiger partial charge >= 0.3 is 0 Å². The summed E-state index contributed by atoms with van der Waals surface area (Å²) in [6.45, 7) is 20.3. The van der Waals surface area contributed by atoms with Gasteiger partial charge in [-0.2, -0.15) is 0 Å². The van der Waals surface area contributed by atoms with Crippen molar-refractivity contribution in [2.24, 2.45) is 17.8 Å². The molecule has 1 N–H and O–H groups in total. The zero-order chi connectivity index (χ0) is 25.0. The SMILES string of the molecule is CC(C)CN1CCC[C@H]1COCCC(C)CN1CCC[C@@H]1COCCC(C)CN1CCCC1CO. The molecule has 3 fully saturated rings. The fourth-order valence-corrected chi connectivity index (χ4v) is 6.45. The largest absolute Gasteiger partial charge is 0.395 e. The summed E-state index contributed by atoms with van der Waals surface area (Å²) in [6.07, 6.45) is 9.87. The minimum atomic E-state index is 0.308. The molecule has 0 aromatic heterocycles. The summed E-state index contributed by atoms with van der Waals surface area (Å²) in [5.41, 5.74) is 0. The average Bonchev–Trinajstić information content (AvgIpc) is 3.56. The summed E-state index contributed by atoms with van der Waals surface area (Å²) in [5, 5.41) is 9.53. The molecule has 0 aliphatic carbocycles. The van der Waals surface area contributed by atoms with E-state index in [0.717, 1.165) is 64.7 Å². The molecule has 0 radical (unpaired) electrons. The van der Waals surface area contributed by atoms with E-state index in [1.54, 1.807) is 0 Å². The van der Waals surface area contributed by atoms with Crippen LogP contribution in [0.2, 0.25) is 0 Å². The van der Waals surface area contributed by atoms with Crippen LogP contribution in [0.4, 0.5) is 0 Å². The van der Waals surface area contributed by atoms with E-state index in [1.165, 1.54) is 58.3 Å². The van der Waals surface area contributed by atoms with Gasteiger partial charge in [-0.1, -0.05) is 27.7 Å². The van der Waals surface area contributed by atoms with Crippen molar-refractivity contribution >= 4 is 0 Å². The third-order valence-corrected chi connectivity index (χ3v) is 8.53. The van der Waals surface area contributed by atoms with Crippen LogP contribution in [0.3, 0.4) is 0 Å². The molecule has 3 heterocycles. The van der Waals surface area contributed by atoms with E-state index in [4.69, 9.17) is 9.47 Å². The number of aliphatic hydroxyl groups is 1. The highest BCUT2D eigenvalue weighted by atomic mass is 16.5. The van der Waals surface area contributed by atoms with Crippen LogP contribution >= 0.6 is 0 Å². The molecule has 35 heavy (non-hydrogen) atoms. The molecule has 206 valence electrons. The van der Waals surface area contributed by atoms with Gasteiger partial charge in [-0.25, -0.2) is 0 Å². The number of hydrogen-bond acceptors (Lipinski definition) is 6. The minimum absolute atomic E-state index is 0.308. The molecule has 0 aromatic rings. The summed E-state index contributed by atoms with van der Waals surface area (Å²) < 4.78 is 12.3. The van der Waals surface area contributed by atoms with E-state index >= 15 is 0 Å². The molecule has 5 atom stereocenters. The first-order valence-electron chi connectivity index (χ1n) is 14.9. The lowest BCUT2D eigenvalue weighted by Gasteiger charge is -2.28. The van der Waals surface area contributed by atoms with E-state index < -0.39 is 0 Å². The highest BCUT2D eigenvalue weighted by Gasteiger charge is 2.28. The normalized spacial score (nSPS) is 28.5. The maximum atomic E-state index is 9.53. The smallest absolute Gasteiger partial charge is 0.0621 e. The van der Waals surface area contributed by atoms with Crippen molar-refractivity contribution in [3.63, 3.8) is 0 Å². The molecule has 3 aliphatic rings. The van der Waals surface area contributed by atoms with E-state index in [1.807, 2.05) is 0 Å². The molecule has 0 spiro atoms.